The Kier molecular flexibility index (Phi) is 1.80. The van der Waals surface area contributed by atoms with Crippen LogP contribution in [0.25, 0.3) is 32.8 Å². The lowest BCUT2D eigenvalue weighted by Crippen LogP contribution is -1.88. The predicted octanol–water partition coefficient (Wildman–Crippen LogP) is 2.73. The predicted molar refractivity (Wildman–Crippen MR) is 70.1 cm³/mol. The first-order valence-corrected chi connectivity index (χ1v) is 5.67. The summed E-state index contributed by atoms with van der Waals surface area (Å²) in [5.74, 6) is 0. The van der Waals surface area contributed by atoms with Gasteiger partial charge in [0, 0.05) is 30.2 Å². The van der Waals surface area contributed by atoms with Gasteiger partial charge in [0.05, 0.1) is 22.1 Å². The molecule has 2 aromatic carbocycles. The van der Waals surface area contributed by atoms with Gasteiger partial charge in [0.25, 0.3) is 0 Å². The molecule has 0 radical (unpaired) electrons. The molecule has 0 spiro atoms. The standard InChI is InChI=1S/C14H8N4/c1-3-10-13(17-7-5-15-10)12-9(1)2-4-11-14(12)18-8-6-16-11/h1-8H. The van der Waals surface area contributed by atoms with Crippen molar-refractivity contribution in [2.45, 2.75) is 0 Å². The SMILES string of the molecule is c1cnc2c(ccc3ccc4nccnc4c32)n1. The lowest BCUT2D eigenvalue weighted by atomic mass is 10.1. The molecule has 4 aromatic rings. The van der Waals surface area contributed by atoms with Crippen LogP contribution in [-0.2, 0) is 0 Å². The maximum Gasteiger partial charge on any atom is 0.0987 e. The summed E-state index contributed by atoms with van der Waals surface area (Å²) in [6, 6.07) is 8.04. The van der Waals surface area contributed by atoms with E-state index in [1.807, 2.05) is 24.3 Å². The van der Waals surface area contributed by atoms with Gasteiger partial charge in [-0.1, -0.05) is 12.1 Å². The average Bonchev–Trinajstić information content (AvgIpc) is 2.46. The minimum absolute atomic E-state index is 0.876. The van der Waals surface area contributed by atoms with Crippen molar-refractivity contribution in [1.82, 2.24) is 19.9 Å². The first-order valence-electron chi connectivity index (χ1n) is 5.67. The van der Waals surface area contributed by atoms with Crippen LogP contribution in [-0.4, -0.2) is 19.9 Å². The molecule has 0 aliphatic carbocycles. The van der Waals surface area contributed by atoms with Gasteiger partial charge in [-0.3, -0.25) is 19.9 Å². The second-order valence-corrected chi connectivity index (χ2v) is 4.08. The summed E-state index contributed by atoms with van der Waals surface area (Å²) in [6.45, 7) is 0. The van der Waals surface area contributed by atoms with E-state index in [1.54, 1.807) is 24.8 Å². The fraction of sp³-hybridized carbons (Fsp3) is 0. The Balaban J connectivity index is 2.38. The zero-order valence-corrected chi connectivity index (χ0v) is 9.41. The quantitative estimate of drug-likeness (QED) is 0.437. The van der Waals surface area contributed by atoms with E-state index >= 15 is 0 Å². The molecule has 4 rings (SSSR count). The van der Waals surface area contributed by atoms with Crippen LogP contribution in [0.15, 0.2) is 49.1 Å². The molecule has 2 heterocycles. The van der Waals surface area contributed by atoms with E-state index in [-0.39, 0.29) is 0 Å². The van der Waals surface area contributed by atoms with Crippen LogP contribution in [0.5, 0.6) is 0 Å². The molecule has 0 aliphatic heterocycles. The van der Waals surface area contributed by atoms with Crippen molar-refractivity contribution < 1.29 is 0 Å². The molecule has 0 unspecified atom stereocenters. The van der Waals surface area contributed by atoms with Crippen LogP contribution < -0.4 is 0 Å². The first kappa shape index (κ1) is 9.41. The van der Waals surface area contributed by atoms with Gasteiger partial charge in [0.2, 0.25) is 0 Å². The molecule has 0 amide bonds. The smallest absolute Gasteiger partial charge is 0.0987 e. The minimum atomic E-state index is 0.876. The molecule has 0 atom stereocenters. The third-order valence-electron chi connectivity index (χ3n) is 3.06. The molecule has 2 aromatic heterocycles. The summed E-state index contributed by atoms with van der Waals surface area (Å²) in [5, 5.41) is 2.13. The van der Waals surface area contributed by atoms with Gasteiger partial charge in [-0.25, -0.2) is 0 Å². The normalized spacial score (nSPS) is 11.3. The van der Waals surface area contributed by atoms with Gasteiger partial charge in [0.15, 0.2) is 0 Å². The lowest BCUT2D eigenvalue weighted by Gasteiger charge is -2.04. The van der Waals surface area contributed by atoms with Crippen LogP contribution in [0.1, 0.15) is 0 Å². The van der Waals surface area contributed by atoms with Gasteiger partial charge < -0.3 is 0 Å². The molecule has 4 nitrogen and oxygen atoms in total. The summed E-state index contributed by atoms with van der Waals surface area (Å²) in [4.78, 5) is 17.5. The van der Waals surface area contributed by atoms with E-state index in [9.17, 15) is 0 Å². The molecule has 4 heteroatoms. The summed E-state index contributed by atoms with van der Waals surface area (Å²) < 4.78 is 0. The van der Waals surface area contributed by atoms with Crippen molar-refractivity contribution in [3.63, 3.8) is 0 Å². The number of fused-ring (bicyclic) bond motifs is 5. The number of rotatable bonds is 0. The van der Waals surface area contributed by atoms with Gasteiger partial charge in [-0.2, -0.15) is 0 Å². The van der Waals surface area contributed by atoms with Crippen LogP contribution in [0.4, 0.5) is 0 Å². The van der Waals surface area contributed by atoms with Crippen LogP contribution in [0.3, 0.4) is 0 Å². The van der Waals surface area contributed by atoms with Crippen molar-refractivity contribution in [2.24, 2.45) is 0 Å². The molecule has 18 heavy (non-hydrogen) atoms. The highest BCUT2D eigenvalue weighted by Crippen LogP contribution is 2.27. The second-order valence-electron chi connectivity index (χ2n) is 4.08. The Bertz CT molecular complexity index is 816. The lowest BCUT2D eigenvalue weighted by molar-refractivity contribution is 1.29. The molecular weight excluding hydrogens is 224 g/mol. The summed E-state index contributed by atoms with van der Waals surface area (Å²) >= 11 is 0. The molecule has 0 N–H and O–H groups in total. The number of nitrogens with zero attached hydrogens (tertiary/aromatic N) is 4. The number of aromatic nitrogens is 4. The van der Waals surface area contributed by atoms with Gasteiger partial charge in [-0.05, 0) is 17.5 Å². The zero-order valence-electron chi connectivity index (χ0n) is 9.41. The van der Waals surface area contributed by atoms with Gasteiger partial charge in [-0.15, -0.1) is 0 Å². The molecular formula is C14H8N4. The summed E-state index contributed by atoms with van der Waals surface area (Å²) in [6.07, 6.45) is 6.81. The van der Waals surface area contributed by atoms with E-state index < -0.39 is 0 Å². The second kappa shape index (κ2) is 3.43. The van der Waals surface area contributed by atoms with E-state index in [1.165, 1.54) is 0 Å². The van der Waals surface area contributed by atoms with Gasteiger partial charge >= 0.3 is 0 Å². The molecule has 0 aliphatic rings. The summed E-state index contributed by atoms with van der Waals surface area (Å²) in [7, 11) is 0. The van der Waals surface area contributed by atoms with Crippen molar-refractivity contribution in [3.05, 3.63) is 49.1 Å². The Labute approximate surface area is 102 Å². The van der Waals surface area contributed by atoms with E-state index in [0.717, 1.165) is 32.8 Å². The highest BCUT2D eigenvalue weighted by Gasteiger charge is 2.07. The molecule has 0 saturated heterocycles. The molecule has 84 valence electrons. The minimum Gasteiger partial charge on any atom is -0.253 e. The number of hydrogen-bond donors (Lipinski definition) is 0. The maximum atomic E-state index is 4.43. The number of benzene rings is 2. The van der Waals surface area contributed by atoms with Crippen molar-refractivity contribution in [1.29, 1.82) is 0 Å². The Hall–Kier alpha value is -2.62. The van der Waals surface area contributed by atoms with E-state index in [2.05, 4.69) is 19.9 Å². The van der Waals surface area contributed by atoms with E-state index in [0.29, 0.717) is 0 Å². The van der Waals surface area contributed by atoms with Crippen LogP contribution in [0.2, 0.25) is 0 Å². The Morgan fingerprint density at radius 1 is 0.556 bits per heavy atom. The summed E-state index contributed by atoms with van der Waals surface area (Å²) in [5.41, 5.74) is 3.51. The third kappa shape index (κ3) is 1.20. The average molecular weight is 232 g/mol. The van der Waals surface area contributed by atoms with Gasteiger partial charge in [0.1, 0.15) is 0 Å². The first-order chi connectivity index (χ1) is 8.93. The zero-order chi connectivity index (χ0) is 11.9. The number of hydrogen-bond acceptors (Lipinski definition) is 4. The Morgan fingerprint density at radius 2 is 1.06 bits per heavy atom. The van der Waals surface area contributed by atoms with E-state index in [4.69, 9.17) is 0 Å². The topological polar surface area (TPSA) is 51.6 Å². The largest absolute Gasteiger partial charge is 0.253 e. The highest BCUT2D eigenvalue weighted by atomic mass is 14.8. The molecule has 0 bridgehead atoms. The van der Waals surface area contributed by atoms with Crippen molar-refractivity contribution >= 4 is 32.8 Å². The third-order valence-corrected chi connectivity index (χ3v) is 3.06. The van der Waals surface area contributed by atoms with Crippen LogP contribution >= 0.6 is 0 Å². The van der Waals surface area contributed by atoms with Crippen molar-refractivity contribution in [2.75, 3.05) is 0 Å². The fourth-order valence-electron chi connectivity index (χ4n) is 2.27. The fourth-order valence-corrected chi connectivity index (χ4v) is 2.27. The van der Waals surface area contributed by atoms with Crippen LogP contribution in [0, 0.1) is 0 Å². The molecule has 0 fully saturated rings. The highest BCUT2D eigenvalue weighted by molar-refractivity contribution is 6.15. The maximum absolute atomic E-state index is 4.43. The monoisotopic (exact) mass is 232 g/mol. The molecule has 0 saturated carbocycles. The van der Waals surface area contributed by atoms with Crippen molar-refractivity contribution in [3.8, 4) is 0 Å². The Morgan fingerprint density at radius 3 is 1.61 bits per heavy atom.